The third kappa shape index (κ3) is 2.15. The van der Waals surface area contributed by atoms with Gasteiger partial charge in [0.25, 0.3) is 0 Å². The van der Waals surface area contributed by atoms with Gasteiger partial charge in [0.15, 0.2) is 15.5 Å². The molecule has 0 radical (unpaired) electrons. The lowest BCUT2D eigenvalue weighted by molar-refractivity contribution is 0.289. The van der Waals surface area contributed by atoms with Crippen molar-refractivity contribution in [3.8, 4) is 0 Å². The molecule has 2 aliphatic rings. The van der Waals surface area contributed by atoms with Crippen LogP contribution in [0.2, 0.25) is 0 Å². The Balaban J connectivity index is 1.55. The Bertz CT molecular complexity index is 817. The van der Waals surface area contributed by atoms with E-state index in [4.69, 9.17) is 0 Å². The van der Waals surface area contributed by atoms with Crippen LogP contribution in [-0.2, 0) is 9.84 Å². The van der Waals surface area contributed by atoms with E-state index in [9.17, 15) is 8.42 Å². The summed E-state index contributed by atoms with van der Waals surface area (Å²) < 4.78 is 24.1. The van der Waals surface area contributed by atoms with E-state index >= 15 is 0 Å². The van der Waals surface area contributed by atoms with E-state index in [2.05, 4.69) is 20.3 Å². The van der Waals surface area contributed by atoms with Crippen molar-refractivity contribution >= 4 is 26.8 Å². The zero-order valence-corrected chi connectivity index (χ0v) is 13.0. The molecule has 1 spiro atoms. The van der Waals surface area contributed by atoms with Gasteiger partial charge >= 0.3 is 0 Å². The largest absolute Gasteiger partial charge is 0.367 e. The first-order chi connectivity index (χ1) is 10.6. The van der Waals surface area contributed by atoms with E-state index in [1.165, 1.54) is 0 Å². The molecule has 1 saturated carbocycles. The van der Waals surface area contributed by atoms with Gasteiger partial charge in [-0.25, -0.2) is 18.4 Å². The molecular formula is C15H18N4O2S. The highest BCUT2D eigenvalue weighted by Gasteiger charge is 2.52. The van der Waals surface area contributed by atoms with Gasteiger partial charge in [0.2, 0.25) is 0 Å². The van der Waals surface area contributed by atoms with Crippen LogP contribution in [-0.4, -0.2) is 39.9 Å². The Hall–Kier alpha value is -1.76. The summed E-state index contributed by atoms with van der Waals surface area (Å²) in [6.45, 7) is 0. The Morgan fingerprint density at radius 3 is 2.77 bits per heavy atom. The Kier molecular flexibility index (Phi) is 3.07. The molecule has 22 heavy (non-hydrogen) atoms. The summed E-state index contributed by atoms with van der Waals surface area (Å²) in [6, 6.07) is 3.93. The van der Waals surface area contributed by atoms with Gasteiger partial charge in [-0.05, 0) is 37.8 Å². The highest BCUT2D eigenvalue weighted by atomic mass is 32.2. The fourth-order valence-corrected chi connectivity index (χ4v) is 5.94. The summed E-state index contributed by atoms with van der Waals surface area (Å²) in [5.74, 6) is 1.02. The highest BCUT2D eigenvalue weighted by molar-refractivity contribution is 7.92. The van der Waals surface area contributed by atoms with Crippen LogP contribution in [0.3, 0.4) is 0 Å². The average Bonchev–Trinajstić information content (AvgIpc) is 2.47. The molecule has 2 aromatic heterocycles. The van der Waals surface area contributed by atoms with Crippen molar-refractivity contribution in [2.45, 2.75) is 42.9 Å². The summed E-state index contributed by atoms with van der Waals surface area (Å²) in [6.07, 6.45) is 7.24. The van der Waals surface area contributed by atoms with E-state index in [1.807, 2.05) is 12.1 Å². The van der Waals surface area contributed by atoms with E-state index in [0.717, 1.165) is 30.6 Å². The van der Waals surface area contributed by atoms with Crippen LogP contribution in [0.5, 0.6) is 0 Å². The lowest BCUT2D eigenvalue weighted by Crippen LogP contribution is -2.53. The van der Waals surface area contributed by atoms with Gasteiger partial charge in [-0.3, -0.25) is 4.98 Å². The van der Waals surface area contributed by atoms with Gasteiger partial charge in [0, 0.05) is 18.4 Å². The minimum Gasteiger partial charge on any atom is -0.367 e. The maximum atomic E-state index is 12.3. The molecule has 1 saturated heterocycles. The summed E-state index contributed by atoms with van der Waals surface area (Å²) in [4.78, 5) is 12.9. The number of nitrogens with zero attached hydrogens (tertiary/aromatic N) is 3. The second kappa shape index (κ2) is 4.87. The molecule has 6 nitrogen and oxygen atoms in total. The lowest BCUT2D eigenvalue weighted by atomic mass is 9.79. The molecule has 1 atom stereocenters. The molecule has 4 rings (SSSR count). The number of hydrogen-bond donors (Lipinski definition) is 1. The molecule has 0 bridgehead atoms. The lowest BCUT2D eigenvalue weighted by Gasteiger charge is -2.46. The molecule has 0 amide bonds. The first kappa shape index (κ1) is 13.9. The normalized spacial score (nSPS) is 25.7. The predicted octanol–water partition coefficient (Wildman–Crippen LogP) is 1.94. The van der Waals surface area contributed by atoms with Crippen molar-refractivity contribution in [1.82, 2.24) is 15.0 Å². The van der Waals surface area contributed by atoms with Crippen LogP contribution >= 0.6 is 0 Å². The quantitative estimate of drug-likeness (QED) is 0.911. The van der Waals surface area contributed by atoms with Gasteiger partial charge in [-0.1, -0.05) is 6.42 Å². The van der Waals surface area contributed by atoms with Gasteiger partial charge in [0.05, 0.1) is 10.5 Å². The number of anilines is 1. The number of aromatic nitrogens is 3. The van der Waals surface area contributed by atoms with E-state index in [1.54, 1.807) is 12.4 Å². The van der Waals surface area contributed by atoms with Crippen LogP contribution < -0.4 is 5.32 Å². The van der Waals surface area contributed by atoms with Crippen molar-refractivity contribution in [2.75, 3.05) is 11.1 Å². The first-order valence-corrected chi connectivity index (χ1v) is 9.30. The molecule has 0 aromatic carbocycles. The molecule has 3 heterocycles. The summed E-state index contributed by atoms with van der Waals surface area (Å²) in [7, 11) is -2.93. The monoisotopic (exact) mass is 318 g/mol. The minimum atomic E-state index is -2.93. The van der Waals surface area contributed by atoms with Gasteiger partial charge in [0.1, 0.15) is 11.3 Å². The number of pyridine rings is 1. The highest BCUT2D eigenvalue weighted by Crippen LogP contribution is 2.46. The Morgan fingerprint density at radius 2 is 2.00 bits per heavy atom. The van der Waals surface area contributed by atoms with E-state index < -0.39 is 14.6 Å². The summed E-state index contributed by atoms with van der Waals surface area (Å²) >= 11 is 0. The second-order valence-corrected chi connectivity index (χ2v) is 8.79. The average molecular weight is 318 g/mol. The molecule has 116 valence electrons. The molecule has 1 N–H and O–H groups in total. The molecular weight excluding hydrogens is 300 g/mol. The maximum absolute atomic E-state index is 12.3. The van der Waals surface area contributed by atoms with Crippen molar-refractivity contribution in [2.24, 2.45) is 0 Å². The number of fused-ring (bicyclic) bond motifs is 1. The van der Waals surface area contributed by atoms with Crippen molar-refractivity contribution in [1.29, 1.82) is 0 Å². The van der Waals surface area contributed by atoms with E-state index in [0.29, 0.717) is 18.5 Å². The van der Waals surface area contributed by atoms with Crippen LogP contribution in [0.1, 0.15) is 32.1 Å². The SMILES string of the molecule is O=S1(=O)CCC(Nc2ccc3nccnc3n2)CC12CCC2. The Labute approximate surface area is 129 Å². The molecule has 2 fully saturated rings. The Morgan fingerprint density at radius 1 is 1.18 bits per heavy atom. The zero-order chi connectivity index (χ0) is 15.2. The fourth-order valence-electron chi connectivity index (χ4n) is 3.55. The molecule has 1 aliphatic heterocycles. The maximum Gasteiger partial charge on any atom is 0.180 e. The van der Waals surface area contributed by atoms with Crippen LogP contribution in [0.15, 0.2) is 24.5 Å². The van der Waals surface area contributed by atoms with Crippen molar-refractivity contribution in [3.05, 3.63) is 24.5 Å². The number of hydrogen-bond acceptors (Lipinski definition) is 6. The summed E-state index contributed by atoms with van der Waals surface area (Å²) in [5, 5.41) is 3.39. The summed E-state index contributed by atoms with van der Waals surface area (Å²) in [5.41, 5.74) is 1.36. The van der Waals surface area contributed by atoms with Gasteiger partial charge in [-0.2, -0.15) is 0 Å². The molecule has 7 heteroatoms. The zero-order valence-electron chi connectivity index (χ0n) is 12.2. The van der Waals surface area contributed by atoms with Crippen LogP contribution in [0, 0.1) is 0 Å². The van der Waals surface area contributed by atoms with Gasteiger partial charge in [-0.15, -0.1) is 0 Å². The number of rotatable bonds is 2. The number of sulfone groups is 1. The molecule has 1 aliphatic carbocycles. The first-order valence-electron chi connectivity index (χ1n) is 7.65. The minimum absolute atomic E-state index is 0.158. The third-order valence-electron chi connectivity index (χ3n) is 4.96. The predicted molar refractivity (Wildman–Crippen MR) is 84.3 cm³/mol. The van der Waals surface area contributed by atoms with Crippen LogP contribution in [0.4, 0.5) is 5.82 Å². The standard InChI is InChI=1S/C15H18N4O2S/c20-22(21)9-4-11(10-15(22)5-1-6-15)18-13-3-2-12-14(19-13)17-8-7-16-12/h2-3,7-8,11H,1,4-6,9-10H2,(H,17,18,19). The van der Waals surface area contributed by atoms with Crippen molar-refractivity contribution < 1.29 is 8.42 Å². The van der Waals surface area contributed by atoms with E-state index in [-0.39, 0.29) is 11.8 Å². The topological polar surface area (TPSA) is 84.8 Å². The van der Waals surface area contributed by atoms with Crippen LogP contribution in [0.25, 0.3) is 11.2 Å². The molecule has 1 unspecified atom stereocenters. The van der Waals surface area contributed by atoms with Crippen molar-refractivity contribution in [3.63, 3.8) is 0 Å². The third-order valence-corrected chi connectivity index (χ3v) is 7.63. The smallest absolute Gasteiger partial charge is 0.180 e. The number of nitrogens with one attached hydrogen (secondary N) is 1. The second-order valence-electron chi connectivity index (χ2n) is 6.29. The molecule has 2 aromatic rings. The fraction of sp³-hybridized carbons (Fsp3) is 0.533. The van der Waals surface area contributed by atoms with Gasteiger partial charge < -0.3 is 5.32 Å².